The molecule has 0 rings (SSSR count). The van der Waals surface area contributed by atoms with Crippen molar-refractivity contribution in [2.75, 3.05) is 39.8 Å². The van der Waals surface area contributed by atoms with Gasteiger partial charge in [-0.25, -0.2) is 0 Å². The molecule has 0 aliphatic carbocycles. The lowest BCUT2D eigenvalue weighted by Gasteiger charge is -2.03. The smallest absolute Gasteiger partial charge is 0.328 e. The second-order valence-electron chi connectivity index (χ2n) is 2.42. The van der Waals surface area contributed by atoms with Gasteiger partial charge >= 0.3 is 5.97 Å². The Morgan fingerprint density at radius 1 is 1.06 bits per heavy atom. The molecule has 0 saturated carbocycles. The maximum Gasteiger partial charge on any atom is 0.328 e. The van der Waals surface area contributed by atoms with Gasteiger partial charge in [-0.3, -0.25) is 4.79 Å². The fraction of sp³-hybridized carbons (Fsp3) is 0.875. The van der Waals surface area contributed by atoms with Gasteiger partial charge in [0, 0.05) is 0 Å². The Bertz CT molecular complexity index is 159. The van der Waals surface area contributed by atoms with Gasteiger partial charge in [0.05, 0.1) is 39.5 Å². The zero-order valence-corrected chi connectivity index (χ0v) is 10.3. The van der Waals surface area contributed by atoms with Gasteiger partial charge in [0.15, 0.2) is 0 Å². The van der Waals surface area contributed by atoms with Crippen molar-refractivity contribution in [3.05, 3.63) is 0 Å². The van der Waals surface area contributed by atoms with Crippen LogP contribution in [0.1, 0.15) is 6.42 Å². The van der Waals surface area contributed by atoms with E-state index in [2.05, 4.69) is 17.7 Å². The Kier molecular flexibility index (Phi) is 20.0. The van der Waals surface area contributed by atoms with E-state index >= 15 is 0 Å². The number of hydrogen-bond acceptors (Lipinski definition) is 9. The maximum absolute atomic E-state index is 10.6. The van der Waals surface area contributed by atoms with Crippen LogP contribution in [0.15, 0.2) is 0 Å². The fourth-order valence-corrected chi connectivity index (χ4v) is 0.601. The molecule has 104 valence electrons. The molecule has 8 nitrogen and oxygen atoms in total. The lowest BCUT2D eigenvalue weighted by Crippen LogP contribution is -2.14. The average Bonchev–Trinajstić information content (AvgIpc) is 2.34. The molecule has 0 aromatic carbocycles. The number of ether oxygens (including phenoxy) is 2. The summed E-state index contributed by atoms with van der Waals surface area (Å²) in [4.78, 5) is 16.9. The summed E-state index contributed by atoms with van der Waals surface area (Å²) in [6.07, 6.45) is 0.121. The Morgan fingerprint density at radius 3 is 2.12 bits per heavy atom. The number of aliphatic hydroxyl groups excluding tert-OH is 3. The second-order valence-corrected chi connectivity index (χ2v) is 2.60. The molecule has 4 N–H and O–H groups in total. The number of hydrogen-bond donors (Lipinski definition) is 5. The van der Waals surface area contributed by atoms with Crippen LogP contribution >= 0.6 is 12.8 Å². The highest BCUT2D eigenvalue weighted by molar-refractivity contribution is 7.77. The Labute approximate surface area is 105 Å². The highest BCUT2D eigenvalue weighted by Crippen LogP contribution is 1.87. The van der Waals surface area contributed by atoms with Gasteiger partial charge in [-0.2, -0.15) is 0 Å². The van der Waals surface area contributed by atoms with Crippen molar-refractivity contribution in [2.24, 2.45) is 0 Å². The van der Waals surface area contributed by atoms with Crippen LogP contribution in [0.25, 0.3) is 0 Å². The summed E-state index contributed by atoms with van der Waals surface area (Å²) >= 11 is 3.46. The quantitative estimate of drug-likeness (QED) is 0.145. The van der Waals surface area contributed by atoms with Crippen molar-refractivity contribution in [2.45, 2.75) is 6.42 Å². The van der Waals surface area contributed by atoms with Crippen molar-refractivity contribution in [3.63, 3.8) is 0 Å². The van der Waals surface area contributed by atoms with Crippen molar-refractivity contribution in [1.29, 1.82) is 0 Å². The fourth-order valence-electron chi connectivity index (χ4n) is 0.499. The molecule has 0 atom stereocenters. The van der Waals surface area contributed by atoms with E-state index in [0.717, 1.165) is 0 Å². The first kappa shape index (κ1) is 18.9. The summed E-state index contributed by atoms with van der Waals surface area (Å²) in [5.74, 6) is -0.461. The molecule has 0 aliphatic rings. The van der Waals surface area contributed by atoms with Crippen LogP contribution in [0, 0.1) is 0 Å². The summed E-state index contributed by atoms with van der Waals surface area (Å²) in [7, 11) is 0. The van der Waals surface area contributed by atoms with E-state index in [4.69, 9.17) is 24.8 Å². The minimum absolute atomic E-state index is 0.0467. The van der Waals surface area contributed by atoms with E-state index in [1.165, 1.54) is 0 Å². The topological polar surface area (TPSA) is 117 Å². The summed E-state index contributed by atoms with van der Waals surface area (Å²) in [5.41, 5.74) is 0. The SMILES string of the molecule is O=C(CCOCOCCO)ONS.OCCO. The van der Waals surface area contributed by atoms with E-state index < -0.39 is 5.97 Å². The van der Waals surface area contributed by atoms with E-state index in [1.54, 1.807) is 0 Å². The molecule has 0 fully saturated rings. The van der Waals surface area contributed by atoms with Crippen molar-refractivity contribution in [1.82, 2.24) is 4.89 Å². The van der Waals surface area contributed by atoms with Crippen LogP contribution < -0.4 is 4.89 Å². The predicted molar refractivity (Wildman–Crippen MR) is 60.9 cm³/mol. The molecule has 0 aliphatic heterocycles. The monoisotopic (exact) mass is 273 g/mol. The molecule has 0 bridgehead atoms. The van der Waals surface area contributed by atoms with Crippen LogP contribution in [0.3, 0.4) is 0 Å². The molecule has 9 heteroatoms. The Hall–Kier alpha value is -0.420. The average molecular weight is 273 g/mol. The third-order valence-electron chi connectivity index (χ3n) is 1.11. The van der Waals surface area contributed by atoms with E-state index in [9.17, 15) is 4.79 Å². The molecule has 0 radical (unpaired) electrons. The number of rotatable bonds is 9. The van der Waals surface area contributed by atoms with Gasteiger partial charge in [-0.15, -0.1) is 0 Å². The third kappa shape index (κ3) is 21.4. The zero-order chi connectivity index (χ0) is 13.4. The van der Waals surface area contributed by atoms with Gasteiger partial charge in [0.1, 0.15) is 6.79 Å². The Balaban J connectivity index is 0. The molecule has 0 aromatic heterocycles. The molecule has 0 unspecified atom stereocenters. The zero-order valence-electron chi connectivity index (χ0n) is 9.37. The number of aliphatic hydroxyl groups is 3. The number of carbonyl (C=O) groups is 1. The first-order chi connectivity index (χ1) is 8.22. The van der Waals surface area contributed by atoms with Gasteiger partial charge in [-0.1, -0.05) is 17.7 Å². The maximum atomic E-state index is 10.6. The molecule has 0 amide bonds. The lowest BCUT2D eigenvalue weighted by atomic mass is 10.5. The van der Waals surface area contributed by atoms with Crippen molar-refractivity contribution >= 4 is 18.8 Å². The summed E-state index contributed by atoms with van der Waals surface area (Å²) in [5, 5.41) is 23.6. The number of thiol groups is 1. The summed E-state index contributed by atoms with van der Waals surface area (Å²) < 4.78 is 9.64. The predicted octanol–water partition coefficient (Wildman–Crippen LogP) is -1.78. The standard InChI is InChI=1S/C6H13NO5S.C2H6O2/c8-2-4-11-5-10-3-1-6(9)12-7-13;3-1-2-4/h7-8,13H,1-5H2;3-4H,1-2H2. The van der Waals surface area contributed by atoms with E-state index in [0.29, 0.717) is 0 Å². The molecule has 0 heterocycles. The first-order valence-electron chi connectivity index (χ1n) is 4.79. The normalized spacial score (nSPS) is 9.41. The van der Waals surface area contributed by atoms with Crippen LogP contribution in [-0.2, 0) is 19.1 Å². The van der Waals surface area contributed by atoms with Gasteiger partial charge < -0.3 is 29.6 Å². The second kappa shape index (κ2) is 18.0. The van der Waals surface area contributed by atoms with Gasteiger partial charge in [0.25, 0.3) is 0 Å². The minimum atomic E-state index is -0.461. The van der Waals surface area contributed by atoms with Gasteiger partial charge in [0.2, 0.25) is 0 Å². The van der Waals surface area contributed by atoms with Crippen molar-refractivity contribution in [3.8, 4) is 0 Å². The third-order valence-corrected chi connectivity index (χ3v) is 1.20. The van der Waals surface area contributed by atoms with E-state index in [1.807, 2.05) is 4.89 Å². The highest BCUT2D eigenvalue weighted by Gasteiger charge is 2.00. The summed E-state index contributed by atoms with van der Waals surface area (Å²) in [6.45, 7) is 0.194. The van der Waals surface area contributed by atoms with Crippen LogP contribution in [0.5, 0.6) is 0 Å². The summed E-state index contributed by atoms with van der Waals surface area (Å²) in [6, 6.07) is 0. The molecule has 17 heavy (non-hydrogen) atoms. The largest absolute Gasteiger partial charge is 0.394 e. The van der Waals surface area contributed by atoms with E-state index in [-0.39, 0.29) is 46.2 Å². The number of carbonyl (C=O) groups excluding carboxylic acids is 1. The molecule has 0 spiro atoms. The highest BCUT2D eigenvalue weighted by atomic mass is 32.1. The molecule has 0 aromatic rings. The molecular formula is C8H19NO7S. The number of nitrogens with one attached hydrogen (secondary N) is 1. The van der Waals surface area contributed by atoms with Crippen molar-refractivity contribution < 1.29 is 34.4 Å². The molecular weight excluding hydrogens is 254 g/mol. The Morgan fingerprint density at radius 2 is 1.65 bits per heavy atom. The van der Waals surface area contributed by atoms with Crippen LogP contribution in [-0.4, -0.2) is 61.1 Å². The minimum Gasteiger partial charge on any atom is -0.394 e. The first-order valence-corrected chi connectivity index (χ1v) is 5.24. The van der Waals surface area contributed by atoms with Gasteiger partial charge in [-0.05, 0) is 0 Å². The van der Waals surface area contributed by atoms with Crippen LogP contribution in [0.4, 0.5) is 0 Å². The lowest BCUT2D eigenvalue weighted by molar-refractivity contribution is -0.149. The van der Waals surface area contributed by atoms with Crippen LogP contribution in [0.2, 0.25) is 0 Å². The molecule has 0 saturated heterocycles.